The molecule has 1 radical (unpaired) electrons. The van der Waals surface area contributed by atoms with Crippen LogP contribution >= 0.6 is 8.58 Å². The van der Waals surface area contributed by atoms with E-state index >= 15 is 0 Å². The standard InChI is InChI=1S/C61H123P.V/c1-4-7-9-11-13-15-17-19-20-21-27-30-34-38-42-46-50-54-59-62-60-55-51-47-43-39-35-31-28-25-23-22-24-26-29-33-37-41-45-49-53-58-61(56-6-3)57-52-48-44-40-36-32-18-16-14-12-10-8-5-2;/h6,61-62H,3-5,7-60H2,1-2H3;. The van der Waals surface area contributed by atoms with Crippen LogP contribution in [-0.2, 0) is 18.6 Å². The monoisotopic (exact) mass is 938 g/mol. The fraction of sp³-hybridized carbons (Fsp3) is 0.967. The Balaban J connectivity index is 0. The van der Waals surface area contributed by atoms with Crippen molar-refractivity contribution in [2.45, 2.75) is 361 Å². The van der Waals surface area contributed by atoms with E-state index in [9.17, 15) is 0 Å². The van der Waals surface area contributed by atoms with Gasteiger partial charge in [-0.3, -0.25) is 0 Å². The molecule has 0 aliphatic rings. The summed E-state index contributed by atoms with van der Waals surface area (Å²) in [5, 5.41) is 0. The predicted octanol–water partition coefficient (Wildman–Crippen LogP) is 23.6. The summed E-state index contributed by atoms with van der Waals surface area (Å²) in [5.74, 6) is 0.910. The average molecular weight is 939 g/mol. The maximum absolute atomic E-state index is 4.07. The second kappa shape index (κ2) is 62.8. The van der Waals surface area contributed by atoms with Crippen LogP contribution in [0.4, 0.5) is 0 Å². The Morgan fingerprint density at radius 3 is 0.635 bits per heavy atom. The number of hydrogen-bond donors (Lipinski definition) is 0. The molecule has 2 atom stereocenters. The summed E-state index contributed by atoms with van der Waals surface area (Å²) in [6, 6.07) is 0. The Hall–Kier alpha value is 0.754. The third-order valence-corrected chi connectivity index (χ3v) is 16.1. The molecule has 0 saturated heterocycles. The van der Waals surface area contributed by atoms with E-state index in [0.717, 1.165) is 5.92 Å². The van der Waals surface area contributed by atoms with Gasteiger partial charge >= 0.3 is 0 Å². The number of allylic oxidation sites excluding steroid dienone is 1. The topological polar surface area (TPSA) is 0 Å². The fourth-order valence-electron chi connectivity index (χ4n) is 10.2. The van der Waals surface area contributed by atoms with Gasteiger partial charge in [0.15, 0.2) is 0 Å². The van der Waals surface area contributed by atoms with Crippen LogP contribution in [0.2, 0.25) is 0 Å². The third-order valence-electron chi connectivity index (χ3n) is 14.6. The second-order valence-corrected chi connectivity index (χ2v) is 22.5. The van der Waals surface area contributed by atoms with Crippen LogP contribution in [0.15, 0.2) is 12.7 Å². The minimum atomic E-state index is 0. The van der Waals surface area contributed by atoms with Crippen molar-refractivity contribution in [3.63, 3.8) is 0 Å². The van der Waals surface area contributed by atoms with Crippen LogP contribution < -0.4 is 0 Å². The predicted molar refractivity (Wildman–Crippen MR) is 292 cm³/mol. The molecule has 0 bridgehead atoms. The molecule has 0 aromatic heterocycles. The minimum Gasteiger partial charge on any atom is -0.122 e. The molecule has 2 unspecified atom stereocenters. The van der Waals surface area contributed by atoms with Crippen LogP contribution in [-0.4, -0.2) is 12.3 Å². The summed E-state index contributed by atoms with van der Waals surface area (Å²) in [4.78, 5) is 0. The third kappa shape index (κ3) is 60.7. The first-order valence-electron chi connectivity index (χ1n) is 30.2. The molecule has 0 rings (SSSR count). The van der Waals surface area contributed by atoms with Crippen molar-refractivity contribution in [2.75, 3.05) is 12.3 Å². The summed E-state index contributed by atoms with van der Waals surface area (Å²) < 4.78 is 0. The van der Waals surface area contributed by atoms with E-state index in [4.69, 9.17) is 0 Å². The Kier molecular flexibility index (Phi) is 65.6. The molecule has 0 N–H and O–H groups in total. The molecule has 0 aromatic carbocycles. The molecule has 2 heteroatoms. The van der Waals surface area contributed by atoms with Gasteiger partial charge in [-0.25, -0.2) is 0 Å². The van der Waals surface area contributed by atoms with Crippen molar-refractivity contribution in [2.24, 2.45) is 5.92 Å². The van der Waals surface area contributed by atoms with Gasteiger partial charge in [0, 0.05) is 18.6 Å². The van der Waals surface area contributed by atoms with E-state index < -0.39 is 0 Å². The summed E-state index contributed by atoms with van der Waals surface area (Å²) in [7, 11) is 1.25. The molecule has 0 heterocycles. The number of rotatable bonds is 58. The largest absolute Gasteiger partial charge is 0.122 e. The van der Waals surface area contributed by atoms with Crippen molar-refractivity contribution < 1.29 is 18.6 Å². The Bertz CT molecular complexity index is 766. The van der Waals surface area contributed by atoms with E-state index in [1.54, 1.807) is 0 Å². The first-order chi connectivity index (χ1) is 30.8. The van der Waals surface area contributed by atoms with Gasteiger partial charge in [-0.05, 0) is 37.5 Å². The van der Waals surface area contributed by atoms with Gasteiger partial charge in [0.25, 0.3) is 0 Å². The van der Waals surface area contributed by atoms with Gasteiger partial charge in [-0.2, -0.15) is 0 Å². The molecular weight excluding hydrogens is 815 g/mol. The molecule has 0 amide bonds. The SMILES string of the molecule is C=CCC(CCCCCCCCCCCCCCC)CCCCCCCCCCCCCCCCCCCCCCPCCCCCCCCCCCCCCCCCCCC.[V]. The van der Waals surface area contributed by atoms with Crippen LogP contribution in [0.5, 0.6) is 0 Å². The second-order valence-electron chi connectivity index (χ2n) is 21.0. The van der Waals surface area contributed by atoms with E-state index in [-0.39, 0.29) is 18.6 Å². The molecular formula is C61H123PV. The van der Waals surface area contributed by atoms with Gasteiger partial charge in [0.1, 0.15) is 0 Å². The first kappa shape index (κ1) is 65.8. The zero-order valence-corrected chi connectivity index (χ0v) is 46.8. The molecule has 0 fully saturated rings. The van der Waals surface area contributed by atoms with Crippen molar-refractivity contribution in [3.05, 3.63) is 12.7 Å². The van der Waals surface area contributed by atoms with Crippen LogP contribution in [0.25, 0.3) is 0 Å². The molecule has 0 nitrogen and oxygen atoms in total. The van der Waals surface area contributed by atoms with Crippen molar-refractivity contribution in [3.8, 4) is 0 Å². The van der Waals surface area contributed by atoms with Crippen LogP contribution in [0, 0.1) is 5.92 Å². The summed E-state index contributed by atoms with van der Waals surface area (Å²) >= 11 is 0. The molecule has 0 aromatic rings. The molecule has 0 aliphatic carbocycles. The van der Waals surface area contributed by atoms with Crippen molar-refractivity contribution in [1.29, 1.82) is 0 Å². The first-order valence-corrected chi connectivity index (χ1v) is 31.6. The summed E-state index contributed by atoms with van der Waals surface area (Å²) in [6.45, 7) is 8.70. The van der Waals surface area contributed by atoms with Crippen LogP contribution in [0.1, 0.15) is 361 Å². The maximum Gasteiger partial charge on any atom is 0 e. The van der Waals surface area contributed by atoms with Gasteiger partial charge in [0.05, 0.1) is 0 Å². The summed E-state index contributed by atoms with van der Waals surface area (Å²) in [5.41, 5.74) is 0. The number of hydrogen-bond acceptors (Lipinski definition) is 0. The molecule has 0 aliphatic heterocycles. The average Bonchev–Trinajstić information content (AvgIpc) is 3.28. The smallest absolute Gasteiger partial charge is 0 e. The summed E-state index contributed by atoms with van der Waals surface area (Å²) in [6.07, 6.45) is 84.9. The van der Waals surface area contributed by atoms with E-state index in [1.165, 1.54) is 368 Å². The molecule has 0 saturated carbocycles. The van der Waals surface area contributed by atoms with E-state index in [2.05, 4.69) is 26.5 Å². The fourth-order valence-corrected chi connectivity index (χ4v) is 11.5. The zero-order chi connectivity index (χ0) is 44.6. The Labute approximate surface area is 416 Å². The normalized spacial score (nSPS) is 12.2. The Morgan fingerprint density at radius 2 is 0.444 bits per heavy atom. The molecule has 0 spiro atoms. The Morgan fingerprint density at radius 1 is 0.270 bits per heavy atom. The van der Waals surface area contributed by atoms with E-state index in [1.807, 2.05) is 0 Å². The van der Waals surface area contributed by atoms with Gasteiger partial charge in [0.2, 0.25) is 0 Å². The van der Waals surface area contributed by atoms with Crippen LogP contribution in [0.3, 0.4) is 0 Å². The van der Waals surface area contributed by atoms with Crippen molar-refractivity contribution in [1.82, 2.24) is 0 Å². The van der Waals surface area contributed by atoms with E-state index in [0.29, 0.717) is 0 Å². The molecule has 377 valence electrons. The molecule has 63 heavy (non-hydrogen) atoms. The zero-order valence-electron chi connectivity index (χ0n) is 44.4. The van der Waals surface area contributed by atoms with Gasteiger partial charge in [-0.1, -0.05) is 347 Å². The van der Waals surface area contributed by atoms with Gasteiger partial charge < -0.3 is 0 Å². The maximum atomic E-state index is 4.07. The minimum absolute atomic E-state index is 0. The van der Waals surface area contributed by atoms with Crippen molar-refractivity contribution >= 4 is 8.58 Å². The van der Waals surface area contributed by atoms with Gasteiger partial charge in [-0.15, -0.1) is 15.2 Å². The number of unbranched alkanes of at least 4 members (excludes halogenated alkanes) is 48. The quantitative estimate of drug-likeness (QED) is 0.0324.